The predicted molar refractivity (Wildman–Crippen MR) is 147 cm³/mol. The van der Waals surface area contributed by atoms with Crippen LogP contribution in [0.4, 0.5) is 4.79 Å². The van der Waals surface area contributed by atoms with Crippen molar-refractivity contribution in [3.63, 3.8) is 0 Å². The number of nitrogens with zero attached hydrogens (tertiary/aromatic N) is 2. The minimum absolute atomic E-state index is 0.0590. The Kier molecular flexibility index (Phi) is 8.10. The first-order valence-electron chi connectivity index (χ1n) is 13.9. The van der Waals surface area contributed by atoms with Crippen LogP contribution in [0.15, 0.2) is 18.2 Å². The highest BCUT2D eigenvalue weighted by Crippen LogP contribution is 2.41. The van der Waals surface area contributed by atoms with Gasteiger partial charge in [-0.25, -0.2) is 4.79 Å². The predicted octanol–water partition coefficient (Wildman–Crippen LogP) is 6.32. The molecule has 2 heterocycles. The van der Waals surface area contributed by atoms with Crippen molar-refractivity contribution in [2.75, 3.05) is 27.2 Å². The summed E-state index contributed by atoms with van der Waals surface area (Å²) in [6.45, 7) is 11.6. The maximum atomic E-state index is 13.9. The van der Waals surface area contributed by atoms with Gasteiger partial charge in [-0.15, -0.1) is 0 Å². The van der Waals surface area contributed by atoms with E-state index in [-0.39, 0.29) is 18.1 Å². The summed E-state index contributed by atoms with van der Waals surface area (Å²) in [6.07, 6.45) is 5.23. The number of carbonyl (C=O) groups excluding carboxylic acids is 2. The molecule has 2 aliphatic rings. The van der Waals surface area contributed by atoms with Gasteiger partial charge in [0.15, 0.2) is 0 Å². The van der Waals surface area contributed by atoms with Crippen molar-refractivity contribution in [3.05, 3.63) is 29.5 Å². The lowest BCUT2D eigenvalue weighted by atomic mass is 9.80. The Morgan fingerprint density at radius 1 is 1.16 bits per heavy atom. The number of hydrogen-bond acceptors (Lipinski definition) is 4. The van der Waals surface area contributed by atoms with Crippen molar-refractivity contribution in [2.24, 2.45) is 17.8 Å². The van der Waals surface area contributed by atoms with Gasteiger partial charge in [0.2, 0.25) is 5.91 Å². The molecule has 4 rings (SSSR count). The Morgan fingerprint density at radius 2 is 1.86 bits per heavy atom. The highest BCUT2D eigenvalue weighted by Gasteiger charge is 2.38. The molecule has 37 heavy (non-hydrogen) atoms. The van der Waals surface area contributed by atoms with E-state index < -0.39 is 5.60 Å². The van der Waals surface area contributed by atoms with Crippen molar-refractivity contribution in [3.8, 4) is 5.75 Å². The summed E-state index contributed by atoms with van der Waals surface area (Å²) in [5.41, 5.74) is 3.14. The molecule has 7 heteroatoms. The van der Waals surface area contributed by atoms with E-state index in [0.717, 1.165) is 56.3 Å². The van der Waals surface area contributed by atoms with E-state index in [0.29, 0.717) is 24.3 Å². The lowest BCUT2D eigenvalue weighted by Crippen LogP contribution is -2.45. The van der Waals surface area contributed by atoms with Gasteiger partial charge in [0.25, 0.3) is 0 Å². The topological polar surface area (TPSA) is 74.9 Å². The van der Waals surface area contributed by atoms with E-state index in [1.165, 1.54) is 16.6 Å². The molecular weight excluding hydrogens is 466 g/mol. The number of rotatable bonds is 6. The molecule has 2 aromatic rings. The zero-order valence-corrected chi connectivity index (χ0v) is 23.7. The third kappa shape index (κ3) is 6.24. The smallest absolute Gasteiger partial charge is 0.410 e. The van der Waals surface area contributed by atoms with Crippen LogP contribution < -0.4 is 4.74 Å². The van der Waals surface area contributed by atoms with Crippen molar-refractivity contribution in [1.82, 2.24) is 14.8 Å². The zero-order chi connectivity index (χ0) is 26.9. The summed E-state index contributed by atoms with van der Waals surface area (Å²) in [6, 6.07) is 6.29. The Labute approximate surface area is 221 Å². The van der Waals surface area contributed by atoms with Crippen LogP contribution in [0.1, 0.15) is 84.0 Å². The summed E-state index contributed by atoms with van der Waals surface area (Å²) >= 11 is 0. The third-order valence-corrected chi connectivity index (χ3v) is 7.87. The van der Waals surface area contributed by atoms with Crippen LogP contribution in [0.2, 0.25) is 0 Å². The minimum atomic E-state index is -0.493. The molecule has 1 aliphatic carbocycles. The average molecular weight is 512 g/mol. The summed E-state index contributed by atoms with van der Waals surface area (Å²) in [7, 11) is 3.50. The molecule has 1 aromatic carbocycles. The summed E-state index contributed by atoms with van der Waals surface area (Å²) in [4.78, 5) is 33.8. The van der Waals surface area contributed by atoms with Gasteiger partial charge in [0.1, 0.15) is 11.4 Å². The molecule has 1 aromatic heterocycles. The summed E-state index contributed by atoms with van der Waals surface area (Å²) in [5, 5.41) is 1.24. The van der Waals surface area contributed by atoms with Crippen LogP contribution in [-0.4, -0.2) is 59.6 Å². The number of carbonyl (C=O) groups is 2. The number of H-pyrrole nitrogens is 1. The summed E-state index contributed by atoms with van der Waals surface area (Å²) < 4.78 is 10.9. The van der Waals surface area contributed by atoms with Crippen molar-refractivity contribution in [1.29, 1.82) is 0 Å². The molecule has 2 amide bonds. The molecule has 1 N–H and O–H groups in total. The van der Waals surface area contributed by atoms with Gasteiger partial charge in [-0.2, -0.15) is 0 Å². The molecule has 1 aliphatic heterocycles. The number of nitrogens with one attached hydrogen (secondary N) is 1. The molecule has 0 saturated heterocycles. The van der Waals surface area contributed by atoms with Crippen molar-refractivity contribution >= 4 is 22.9 Å². The monoisotopic (exact) mass is 511 g/mol. The fourth-order valence-corrected chi connectivity index (χ4v) is 6.06. The van der Waals surface area contributed by atoms with Crippen LogP contribution in [0.3, 0.4) is 0 Å². The minimum Gasteiger partial charge on any atom is -0.497 e. The van der Waals surface area contributed by atoms with Gasteiger partial charge in [0.05, 0.1) is 13.2 Å². The average Bonchev–Trinajstić information content (AvgIpc) is 3.21. The number of benzene rings is 1. The van der Waals surface area contributed by atoms with Crippen LogP contribution in [0.25, 0.3) is 10.9 Å². The van der Waals surface area contributed by atoms with Crippen LogP contribution >= 0.6 is 0 Å². The number of amides is 2. The Bertz CT molecular complexity index is 1110. The maximum Gasteiger partial charge on any atom is 0.410 e. The molecule has 1 fully saturated rings. The Morgan fingerprint density at radius 3 is 2.49 bits per heavy atom. The summed E-state index contributed by atoms with van der Waals surface area (Å²) in [5.74, 6) is 2.08. The normalized spacial score (nSPS) is 22.2. The molecular formula is C30H45N3O4. The quantitative estimate of drug-likeness (QED) is 0.492. The third-order valence-electron chi connectivity index (χ3n) is 7.87. The van der Waals surface area contributed by atoms with Gasteiger partial charge >= 0.3 is 6.09 Å². The fraction of sp³-hybridized carbons (Fsp3) is 0.667. The van der Waals surface area contributed by atoms with E-state index >= 15 is 0 Å². The van der Waals surface area contributed by atoms with E-state index in [1.54, 1.807) is 12.0 Å². The molecule has 0 bridgehead atoms. The van der Waals surface area contributed by atoms with Crippen LogP contribution in [0.5, 0.6) is 5.75 Å². The molecule has 1 atom stereocenters. The van der Waals surface area contributed by atoms with Crippen molar-refractivity contribution < 1.29 is 19.1 Å². The highest BCUT2D eigenvalue weighted by molar-refractivity contribution is 5.87. The zero-order valence-electron chi connectivity index (χ0n) is 23.7. The first kappa shape index (κ1) is 27.3. The molecule has 7 nitrogen and oxygen atoms in total. The second-order valence-corrected chi connectivity index (χ2v) is 12.4. The second kappa shape index (κ2) is 11.0. The molecule has 204 valence electrons. The number of methoxy groups -OCH3 is 1. The van der Waals surface area contributed by atoms with E-state index in [4.69, 9.17) is 9.47 Å². The van der Waals surface area contributed by atoms with Gasteiger partial charge in [-0.1, -0.05) is 13.8 Å². The number of ether oxygens (including phenoxy) is 2. The van der Waals surface area contributed by atoms with E-state index in [9.17, 15) is 9.59 Å². The molecule has 1 saturated carbocycles. The fourth-order valence-electron chi connectivity index (χ4n) is 6.06. The lowest BCUT2D eigenvalue weighted by Gasteiger charge is -2.40. The maximum absolute atomic E-state index is 13.9. The number of hydrogen-bond donors (Lipinski definition) is 1. The largest absolute Gasteiger partial charge is 0.497 e. The van der Waals surface area contributed by atoms with E-state index in [2.05, 4.69) is 35.9 Å². The number of fused-ring (bicyclic) bond motifs is 3. The van der Waals surface area contributed by atoms with Gasteiger partial charge in [0, 0.05) is 48.7 Å². The van der Waals surface area contributed by atoms with Gasteiger partial charge < -0.3 is 24.3 Å². The first-order chi connectivity index (χ1) is 17.5. The highest BCUT2D eigenvalue weighted by atomic mass is 16.6. The standard InChI is InChI=1S/C30H45N3O4/c1-19(2)16-26-27-24(23-13-12-22(36-7)17-25(23)31-27)14-15-33(26)28(34)21-10-8-20(9-11-21)18-32(6)29(35)37-30(3,4)5/h12-13,17,19-21,26,31H,8-11,14-16,18H2,1-7H3/t20-,21-,26?. The van der Waals surface area contributed by atoms with Gasteiger partial charge in [-0.3, -0.25) is 4.79 Å². The Hall–Kier alpha value is -2.70. The Balaban J connectivity index is 1.43. The van der Waals surface area contributed by atoms with Crippen LogP contribution in [0, 0.1) is 17.8 Å². The van der Waals surface area contributed by atoms with E-state index in [1.807, 2.05) is 33.9 Å². The SMILES string of the molecule is COc1ccc2c3c([nH]c2c1)C(CC(C)C)N(C(=O)[C@H]1CC[C@H](CN(C)C(=O)OC(C)(C)C)CC1)CC3. The van der Waals surface area contributed by atoms with Crippen LogP contribution in [-0.2, 0) is 16.0 Å². The number of aromatic amines is 1. The molecule has 1 unspecified atom stereocenters. The molecule has 0 spiro atoms. The van der Waals surface area contributed by atoms with Gasteiger partial charge in [-0.05, 0) is 88.8 Å². The number of aromatic nitrogens is 1. The second-order valence-electron chi connectivity index (χ2n) is 12.4. The van der Waals surface area contributed by atoms with Crippen molar-refractivity contribution in [2.45, 2.75) is 84.8 Å². The first-order valence-corrected chi connectivity index (χ1v) is 13.9. The molecule has 0 radical (unpaired) electrons. The lowest BCUT2D eigenvalue weighted by molar-refractivity contribution is -0.140.